The lowest BCUT2D eigenvalue weighted by Gasteiger charge is -2.15. The Hall–Kier alpha value is -3.37. The monoisotopic (exact) mass is 472 g/mol. The summed E-state index contributed by atoms with van der Waals surface area (Å²) in [6.45, 7) is 1.41. The number of hydrazine groups is 1. The number of carboxylic acid groups (broad SMARTS) is 1. The topological polar surface area (TPSA) is 105 Å². The minimum absolute atomic E-state index is 0.115. The largest absolute Gasteiger partial charge is 0.493 e. The Morgan fingerprint density at radius 1 is 1.22 bits per heavy atom. The highest BCUT2D eigenvalue weighted by Gasteiger charge is 2.33. The molecule has 10 heteroatoms. The third-order valence-electron chi connectivity index (χ3n) is 4.37. The van der Waals surface area contributed by atoms with Gasteiger partial charge >= 0.3 is 5.97 Å². The van der Waals surface area contributed by atoms with Crippen molar-refractivity contribution >= 4 is 52.2 Å². The molecule has 0 saturated carbocycles. The molecule has 0 aliphatic carbocycles. The fourth-order valence-electron chi connectivity index (χ4n) is 2.77. The van der Waals surface area contributed by atoms with Crippen LogP contribution in [0.1, 0.15) is 18.1 Å². The minimum atomic E-state index is -1.10. The van der Waals surface area contributed by atoms with Gasteiger partial charge in [-0.3, -0.25) is 15.0 Å². The van der Waals surface area contributed by atoms with E-state index < -0.39 is 18.0 Å². The Morgan fingerprint density at radius 3 is 2.59 bits per heavy atom. The van der Waals surface area contributed by atoms with Crippen LogP contribution >= 0.6 is 24.0 Å². The lowest BCUT2D eigenvalue weighted by atomic mass is 10.1. The fraction of sp³-hybridized carbons (Fsp3) is 0.182. The van der Waals surface area contributed by atoms with Crippen LogP contribution in [0, 0.1) is 0 Å². The zero-order valence-corrected chi connectivity index (χ0v) is 18.9. The van der Waals surface area contributed by atoms with Crippen molar-refractivity contribution in [2.24, 2.45) is 0 Å². The van der Waals surface area contributed by atoms with E-state index in [1.807, 2.05) is 30.3 Å². The highest BCUT2D eigenvalue weighted by molar-refractivity contribution is 8.26. The van der Waals surface area contributed by atoms with Crippen LogP contribution in [-0.4, -0.2) is 45.4 Å². The molecule has 3 rings (SSSR count). The first kappa shape index (κ1) is 23.3. The number of carboxylic acids is 1. The molecule has 0 aromatic heterocycles. The molecule has 0 radical (unpaired) electrons. The van der Waals surface area contributed by atoms with E-state index in [4.69, 9.17) is 26.8 Å². The normalized spacial score (nSPS) is 15.6. The summed E-state index contributed by atoms with van der Waals surface area (Å²) in [5.74, 6) is -1.32. The summed E-state index contributed by atoms with van der Waals surface area (Å²) < 4.78 is 10.9. The third kappa shape index (κ3) is 5.65. The van der Waals surface area contributed by atoms with Crippen molar-refractivity contribution in [3.8, 4) is 11.5 Å². The Labute approximate surface area is 194 Å². The molecule has 2 N–H and O–H groups in total. The van der Waals surface area contributed by atoms with Crippen molar-refractivity contribution in [3.63, 3.8) is 0 Å². The molecule has 2 aromatic carbocycles. The average Bonchev–Trinajstić information content (AvgIpc) is 3.02. The van der Waals surface area contributed by atoms with Crippen molar-refractivity contribution in [2.45, 2.75) is 19.4 Å². The van der Waals surface area contributed by atoms with Crippen LogP contribution in [0.4, 0.5) is 0 Å². The second-order valence-electron chi connectivity index (χ2n) is 6.72. The van der Waals surface area contributed by atoms with E-state index in [0.29, 0.717) is 16.2 Å². The molecule has 1 aliphatic rings. The Kier molecular flexibility index (Phi) is 7.49. The zero-order chi connectivity index (χ0) is 23.3. The molecule has 1 unspecified atom stereocenters. The fourth-order valence-corrected chi connectivity index (χ4v) is 3.95. The van der Waals surface area contributed by atoms with Gasteiger partial charge in [-0.05, 0) is 48.5 Å². The molecule has 1 fully saturated rings. The first-order valence-corrected chi connectivity index (χ1v) is 10.7. The first-order valence-electron chi connectivity index (χ1n) is 9.47. The van der Waals surface area contributed by atoms with Gasteiger partial charge in [-0.2, -0.15) is 5.01 Å². The molecule has 2 amide bonds. The average molecular weight is 473 g/mol. The summed E-state index contributed by atoms with van der Waals surface area (Å²) in [7, 11) is 1.43. The van der Waals surface area contributed by atoms with Gasteiger partial charge in [0.1, 0.15) is 0 Å². The maximum absolute atomic E-state index is 12.8. The lowest BCUT2D eigenvalue weighted by Crippen LogP contribution is -2.45. The second kappa shape index (κ2) is 10.3. The van der Waals surface area contributed by atoms with E-state index in [1.165, 1.54) is 14.0 Å². The maximum atomic E-state index is 12.8. The molecule has 32 heavy (non-hydrogen) atoms. The number of thiocarbonyl (C=S) groups is 1. The summed E-state index contributed by atoms with van der Waals surface area (Å²) in [6.07, 6.45) is 0.672. The molecule has 1 saturated heterocycles. The number of aliphatic carboxylic acids is 1. The van der Waals surface area contributed by atoms with Crippen LogP contribution in [0.15, 0.2) is 53.4 Å². The number of amides is 2. The van der Waals surface area contributed by atoms with E-state index in [2.05, 4.69) is 5.43 Å². The summed E-state index contributed by atoms with van der Waals surface area (Å²) in [6, 6.07) is 14.0. The number of carbonyl (C=O) groups is 3. The number of carbonyl (C=O) groups excluding carboxylic acids is 2. The molecule has 0 spiro atoms. The molecule has 1 heterocycles. The van der Waals surface area contributed by atoms with E-state index in [9.17, 15) is 14.4 Å². The highest BCUT2D eigenvalue weighted by Crippen LogP contribution is 2.34. The Bertz CT molecular complexity index is 1090. The summed E-state index contributed by atoms with van der Waals surface area (Å²) in [5, 5.41) is 10.1. The van der Waals surface area contributed by atoms with Gasteiger partial charge in [-0.1, -0.05) is 48.2 Å². The number of rotatable bonds is 8. The SMILES string of the molecule is COc1cc(/C=C2/SC(=S)N(NC(=O)Cc3ccccc3)C2=O)ccc1OC(C)C(=O)O. The summed E-state index contributed by atoms with van der Waals surface area (Å²) >= 11 is 6.31. The van der Waals surface area contributed by atoms with E-state index >= 15 is 0 Å². The number of benzene rings is 2. The van der Waals surface area contributed by atoms with Crippen LogP contribution in [0.5, 0.6) is 11.5 Å². The van der Waals surface area contributed by atoms with Crippen LogP contribution in [0.25, 0.3) is 6.08 Å². The van der Waals surface area contributed by atoms with Crippen molar-refractivity contribution in [3.05, 3.63) is 64.6 Å². The van der Waals surface area contributed by atoms with Crippen molar-refractivity contribution in [2.75, 3.05) is 7.11 Å². The van der Waals surface area contributed by atoms with Crippen LogP contribution < -0.4 is 14.9 Å². The van der Waals surface area contributed by atoms with Gasteiger partial charge in [0.2, 0.25) is 5.91 Å². The highest BCUT2D eigenvalue weighted by atomic mass is 32.2. The summed E-state index contributed by atoms with van der Waals surface area (Å²) in [4.78, 5) is 36.4. The smallest absolute Gasteiger partial charge is 0.344 e. The van der Waals surface area contributed by atoms with Gasteiger partial charge in [-0.15, -0.1) is 0 Å². The predicted octanol–water partition coefficient (Wildman–Crippen LogP) is 3.02. The number of nitrogens with one attached hydrogen (secondary N) is 1. The van der Waals surface area contributed by atoms with Crippen LogP contribution in [0.2, 0.25) is 0 Å². The Balaban J connectivity index is 1.72. The number of ether oxygens (including phenoxy) is 2. The van der Waals surface area contributed by atoms with Gasteiger partial charge in [0.15, 0.2) is 21.9 Å². The van der Waals surface area contributed by atoms with Gasteiger partial charge < -0.3 is 14.6 Å². The number of nitrogens with zero attached hydrogens (tertiary/aromatic N) is 1. The van der Waals surface area contributed by atoms with E-state index in [-0.39, 0.29) is 22.4 Å². The number of hydrogen-bond acceptors (Lipinski definition) is 7. The minimum Gasteiger partial charge on any atom is -0.493 e. The first-order chi connectivity index (χ1) is 15.3. The molecule has 8 nitrogen and oxygen atoms in total. The standard InChI is InChI=1S/C22H20N2O6S2/c1-13(21(27)28)30-16-9-8-15(10-17(16)29-2)11-18-20(26)24(22(31)32-18)23-19(25)12-14-6-4-3-5-7-14/h3-11,13H,12H2,1-2H3,(H,23,25)(H,27,28)/b18-11+. The molecular formula is C22H20N2O6S2. The van der Waals surface area contributed by atoms with E-state index in [1.54, 1.807) is 24.3 Å². The molecule has 166 valence electrons. The second-order valence-corrected chi connectivity index (χ2v) is 8.40. The lowest BCUT2D eigenvalue weighted by molar-refractivity contribution is -0.144. The molecule has 1 atom stereocenters. The third-order valence-corrected chi connectivity index (χ3v) is 5.68. The number of methoxy groups -OCH3 is 1. The maximum Gasteiger partial charge on any atom is 0.344 e. The van der Waals surface area contributed by atoms with Gasteiger partial charge in [-0.25, -0.2) is 4.79 Å². The van der Waals surface area contributed by atoms with Crippen LogP contribution in [-0.2, 0) is 20.8 Å². The number of hydrogen-bond donors (Lipinski definition) is 2. The Morgan fingerprint density at radius 2 is 1.94 bits per heavy atom. The van der Waals surface area contributed by atoms with E-state index in [0.717, 1.165) is 22.3 Å². The molecule has 2 aromatic rings. The van der Waals surface area contributed by atoms with Crippen molar-refractivity contribution < 1.29 is 29.0 Å². The number of thioether (sulfide) groups is 1. The molecule has 0 bridgehead atoms. The van der Waals surface area contributed by atoms with Crippen molar-refractivity contribution in [1.29, 1.82) is 0 Å². The van der Waals surface area contributed by atoms with Gasteiger partial charge in [0, 0.05) is 0 Å². The van der Waals surface area contributed by atoms with Crippen LogP contribution in [0.3, 0.4) is 0 Å². The summed E-state index contributed by atoms with van der Waals surface area (Å²) in [5.41, 5.74) is 3.98. The van der Waals surface area contributed by atoms with Gasteiger partial charge in [0.25, 0.3) is 5.91 Å². The quantitative estimate of drug-likeness (QED) is 0.446. The zero-order valence-electron chi connectivity index (χ0n) is 17.2. The molecule has 1 aliphatic heterocycles. The van der Waals surface area contributed by atoms with Crippen molar-refractivity contribution in [1.82, 2.24) is 10.4 Å². The molecular weight excluding hydrogens is 452 g/mol. The van der Waals surface area contributed by atoms with Gasteiger partial charge in [0.05, 0.1) is 18.4 Å². The predicted molar refractivity (Wildman–Crippen MR) is 124 cm³/mol.